The lowest BCUT2D eigenvalue weighted by atomic mass is 10.0. The van der Waals surface area contributed by atoms with Gasteiger partial charge in [0.1, 0.15) is 0 Å². The van der Waals surface area contributed by atoms with E-state index in [9.17, 15) is 4.79 Å². The monoisotopic (exact) mass is 333 g/mol. The van der Waals surface area contributed by atoms with E-state index in [4.69, 9.17) is 16.7 Å². The molecule has 0 atom stereocenters. The molecule has 5 heteroatoms. The molecule has 0 aliphatic rings. The molecule has 1 rings (SSSR count). The number of nitrogens with zero attached hydrogens (tertiary/aromatic N) is 1. The van der Waals surface area contributed by atoms with Crippen LogP contribution in [0.25, 0.3) is 0 Å². The number of carboxylic acid groups (broad SMARTS) is 1. The lowest BCUT2D eigenvalue weighted by molar-refractivity contribution is -0.139. The van der Waals surface area contributed by atoms with E-state index in [0.717, 1.165) is 10.0 Å². The summed E-state index contributed by atoms with van der Waals surface area (Å²) in [6.07, 6.45) is 0. The average molecular weight is 335 g/mol. The van der Waals surface area contributed by atoms with E-state index in [-0.39, 0.29) is 12.1 Å². The Labute approximate surface area is 121 Å². The van der Waals surface area contributed by atoms with Crippen molar-refractivity contribution in [2.24, 2.45) is 0 Å². The number of rotatable bonds is 4. The normalized spacial score (nSPS) is 11.9. The van der Waals surface area contributed by atoms with Crippen molar-refractivity contribution < 1.29 is 9.90 Å². The minimum atomic E-state index is -0.830. The van der Waals surface area contributed by atoms with Gasteiger partial charge >= 0.3 is 5.97 Å². The molecular formula is C13H17BrClNO2. The number of benzene rings is 1. The van der Waals surface area contributed by atoms with Gasteiger partial charge in [0.25, 0.3) is 0 Å². The number of carboxylic acids is 1. The molecule has 3 nitrogen and oxygen atoms in total. The van der Waals surface area contributed by atoms with Crippen molar-refractivity contribution >= 4 is 33.5 Å². The van der Waals surface area contributed by atoms with Crippen LogP contribution < -0.4 is 0 Å². The first-order valence-electron chi connectivity index (χ1n) is 5.61. The lowest BCUT2D eigenvalue weighted by Gasteiger charge is -2.34. The largest absolute Gasteiger partial charge is 0.480 e. The van der Waals surface area contributed by atoms with Crippen LogP contribution in [0.15, 0.2) is 22.7 Å². The Kier molecular flexibility index (Phi) is 5.20. The smallest absolute Gasteiger partial charge is 0.317 e. The van der Waals surface area contributed by atoms with Crippen LogP contribution in [-0.4, -0.2) is 28.1 Å². The summed E-state index contributed by atoms with van der Waals surface area (Å²) in [5.41, 5.74) is 0.763. The fraction of sp³-hybridized carbons (Fsp3) is 0.462. The topological polar surface area (TPSA) is 40.5 Å². The van der Waals surface area contributed by atoms with E-state index in [1.165, 1.54) is 0 Å². The average Bonchev–Trinajstić information content (AvgIpc) is 2.20. The molecule has 0 aliphatic heterocycles. The minimum absolute atomic E-state index is 0.00243. The van der Waals surface area contributed by atoms with Gasteiger partial charge in [-0.2, -0.15) is 0 Å². The van der Waals surface area contributed by atoms with Gasteiger partial charge in [-0.25, -0.2) is 0 Å². The van der Waals surface area contributed by atoms with E-state index in [2.05, 4.69) is 15.9 Å². The second kappa shape index (κ2) is 6.04. The number of hydrogen-bond acceptors (Lipinski definition) is 2. The van der Waals surface area contributed by atoms with Crippen LogP contribution in [0.3, 0.4) is 0 Å². The molecule has 0 fully saturated rings. The zero-order chi connectivity index (χ0) is 13.9. The highest BCUT2D eigenvalue weighted by molar-refractivity contribution is 9.10. The highest BCUT2D eigenvalue weighted by Crippen LogP contribution is 2.25. The number of hydrogen-bond donors (Lipinski definition) is 1. The van der Waals surface area contributed by atoms with Gasteiger partial charge in [-0.3, -0.25) is 9.69 Å². The predicted octanol–water partition coefficient (Wildman–Crippen LogP) is 3.79. The van der Waals surface area contributed by atoms with Gasteiger partial charge in [0, 0.05) is 21.6 Å². The summed E-state index contributed by atoms with van der Waals surface area (Å²) in [7, 11) is 0. The van der Waals surface area contributed by atoms with Crippen LogP contribution in [0.4, 0.5) is 0 Å². The van der Waals surface area contributed by atoms with Gasteiger partial charge in [0.15, 0.2) is 0 Å². The standard InChI is InChI=1S/C13H17BrClNO2/c1-13(2,3)16(8-12(17)18)7-9-6-10(15)4-5-11(9)14/h4-6H,7-8H2,1-3H3,(H,17,18). The summed E-state index contributed by atoms with van der Waals surface area (Å²) in [5, 5.41) is 9.62. The Morgan fingerprint density at radius 1 is 1.44 bits per heavy atom. The van der Waals surface area contributed by atoms with Crippen LogP contribution in [0.5, 0.6) is 0 Å². The zero-order valence-electron chi connectivity index (χ0n) is 10.7. The van der Waals surface area contributed by atoms with Crippen molar-refractivity contribution in [1.29, 1.82) is 0 Å². The number of halogens is 2. The van der Waals surface area contributed by atoms with Crippen LogP contribution in [0.2, 0.25) is 5.02 Å². The lowest BCUT2D eigenvalue weighted by Crippen LogP contribution is -2.43. The van der Waals surface area contributed by atoms with Gasteiger partial charge < -0.3 is 5.11 Å². The molecule has 1 N–H and O–H groups in total. The molecule has 0 saturated carbocycles. The summed E-state index contributed by atoms with van der Waals surface area (Å²) >= 11 is 9.42. The second-order valence-corrected chi connectivity index (χ2v) is 6.45. The molecule has 1 aromatic rings. The summed E-state index contributed by atoms with van der Waals surface area (Å²) in [5.74, 6) is -0.830. The summed E-state index contributed by atoms with van der Waals surface area (Å²) < 4.78 is 0.937. The molecule has 0 unspecified atom stereocenters. The quantitative estimate of drug-likeness (QED) is 0.911. The third-order valence-corrected chi connectivity index (χ3v) is 3.65. The second-order valence-electron chi connectivity index (χ2n) is 5.16. The van der Waals surface area contributed by atoms with Gasteiger partial charge in [-0.05, 0) is 44.5 Å². The van der Waals surface area contributed by atoms with Gasteiger partial charge in [-0.1, -0.05) is 27.5 Å². The summed E-state index contributed by atoms with van der Waals surface area (Å²) in [6.45, 7) is 6.52. The van der Waals surface area contributed by atoms with Crippen LogP contribution >= 0.6 is 27.5 Å². The fourth-order valence-electron chi connectivity index (χ4n) is 1.56. The van der Waals surface area contributed by atoms with Crippen molar-refractivity contribution in [2.75, 3.05) is 6.54 Å². The Bertz CT molecular complexity index is 443. The van der Waals surface area contributed by atoms with Crippen LogP contribution in [0, 0.1) is 0 Å². The van der Waals surface area contributed by atoms with E-state index < -0.39 is 5.97 Å². The Morgan fingerprint density at radius 3 is 2.56 bits per heavy atom. The first-order chi connectivity index (χ1) is 8.20. The molecule has 0 bridgehead atoms. The molecule has 100 valence electrons. The Morgan fingerprint density at radius 2 is 2.06 bits per heavy atom. The number of aliphatic carboxylic acids is 1. The van der Waals surface area contributed by atoms with Crippen molar-refractivity contribution in [1.82, 2.24) is 4.90 Å². The molecule has 0 amide bonds. The number of carbonyl (C=O) groups is 1. The Balaban J connectivity index is 2.96. The van der Waals surface area contributed by atoms with Gasteiger partial charge in [-0.15, -0.1) is 0 Å². The molecule has 1 aromatic carbocycles. The molecule has 0 radical (unpaired) electrons. The van der Waals surface area contributed by atoms with Gasteiger partial charge in [0.05, 0.1) is 6.54 Å². The van der Waals surface area contributed by atoms with Crippen molar-refractivity contribution in [3.63, 3.8) is 0 Å². The van der Waals surface area contributed by atoms with Crippen LogP contribution in [0.1, 0.15) is 26.3 Å². The maximum absolute atomic E-state index is 10.9. The van der Waals surface area contributed by atoms with Crippen LogP contribution in [-0.2, 0) is 11.3 Å². The summed E-state index contributed by atoms with van der Waals surface area (Å²) in [4.78, 5) is 12.8. The molecule has 0 heterocycles. The highest BCUT2D eigenvalue weighted by Gasteiger charge is 2.24. The van der Waals surface area contributed by atoms with E-state index in [1.807, 2.05) is 37.8 Å². The maximum Gasteiger partial charge on any atom is 0.317 e. The fourth-order valence-corrected chi connectivity index (χ4v) is 2.13. The molecule has 0 aliphatic carbocycles. The van der Waals surface area contributed by atoms with Crippen molar-refractivity contribution in [2.45, 2.75) is 32.9 Å². The maximum atomic E-state index is 10.9. The third-order valence-electron chi connectivity index (χ3n) is 2.64. The summed E-state index contributed by atoms with van der Waals surface area (Å²) in [6, 6.07) is 5.53. The molecule has 0 saturated heterocycles. The molecular weight excluding hydrogens is 318 g/mol. The SMILES string of the molecule is CC(C)(C)N(CC(=O)O)Cc1cc(Cl)ccc1Br. The highest BCUT2D eigenvalue weighted by atomic mass is 79.9. The predicted molar refractivity (Wildman–Crippen MR) is 77.0 cm³/mol. The van der Waals surface area contributed by atoms with E-state index >= 15 is 0 Å². The van der Waals surface area contributed by atoms with Crippen molar-refractivity contribution in [3.8, 4) is 0 Å². The molecule has 0 aromatic heterocycles. The first kappa shape index (κ1) is 15.5. The van der Waals surface area contributed by atoms with E-state index in [0.29, 0.717) is 11.6 Å². The molecule has 0 spiro atoms. The minimum Gasteiger partial charge on any atom is -0.480 e. The van der Waals surface area contributed by atoms with Gasteiger partial charge in [0.2, 0.25) is 0 Å². The third kappa shape index (κ3) is 4.59. The van der Waals surface area contributed by atoms with Crippen molar-refractivity contribution in [3.05, 3.63) is 33.3 Å². The molecule has 18 heavy (non-hydrogen) atoms. The Hall–Kier alpha value is -0.580. The van der Waals surface area contributed by atoms with E-state index in [1.54, 1.807) is 6.07 Å². The zero-order valence-corrected chi connectivity index (χ0v) is 13.0. The first-order valence-corrected chi connectivity index (χ1v) is 6.78.